The third-order valence-corrected chi connectivity index (χ3v) is 7.74. The average Bonchev–Trinajstić information content (AvgIpc) is 3.21. The Labute approximate surface area is 134 Å². The molecule has 11 heteroatoms. The topological polar surface area (TPSA) is 161 Å². The van der Waals surface area contributed by atoms with Gasteiger partial charge in [-0.15, -0.1) is 0 Å². The molecule has 1 amide bonds. The molecule has 0 spiro atoms. The molecule has 2 rings (SSSR count). The van der Waals surface area contributed by atoms with Crippen LogP contribution >= 0.6 is 0 Å². The van der Waals surface area contributed by atoms with E-state index in [1.807, 2.05) is 0 Å². The highest BCUT2D eigenvalue weighted by Gasteiger charge is 2.46. The number of amides is 1. The zero-order chi connectivity index (χ0) is 17.4. The smallest absolute Gasteiger partial charge is 0.324 e. The molecule has 0 aromatic heterocycles. The first kappa shape index (κ1) is 18.1. The third kappa shape index (κ3) is 4.42. The molecule has 132 valence electrons. The van der Waals surface area contributed by atoms with Crippen LogP contribution < -0.4 is 10.5 Å². The monoisotopic (exact) mass is 368 g/mol. The molecule has 2 atom stereocenters. The summed E-state index contributed by atoms with van der Waals surface area (Å²) in [6, 6.07) is -1.19. The number of nitrogens with two attached hydrogens (primary N) is 1. The van der Waals surface area contributed by atoms with Crippen molar-refractivity contribution in [3.05, 3.63) is 0 Å². The third-order valence-electron chi connectivity index (χ3n) is 4.28. The lowest BCUT2D eigenvalue weighted by Crippen LogP contribution is -2.52. The number of nitrogens with one attached hydrogen (secondary N) is 1. The first-order chi connectivity index (χ1) is 10.5. The summed E-state index contributed by atoms with van der Waals surface area (Å²) in [4.78, 5) is 23.2. The maximum Gasteiger partial charge on any atom is 0.324 e. The molecule has 0 radical (unpaired) electrons. The van der Waals surface area contributed by atoms with Crippen LogP contribution in [0.15, 0.2) is 0 Å². The highest BCUT2D eigenvalue weighted by molar-refractivity contribution is 7.91. The Bertz CT molecular complexity index is 683. The van der Waals surface area contributed by atoms with Crippen molar-refractivity contribution in [2.45, 2.75) is 37.0 Å². The quantitative estimate of drug-likeness (QED) is 0.507. The summed E-state index contributed by atoms with van der Waals surface area (Å²) >= 11 is 0. The minimum atomic E-state index is -4.36. The van der Waals surface area contributed by atoms with E-state index in [9.17, 15) is 26.4 Å². The van der Waals surface area contributed by atoms with Crippen LogP contribution in [0.2, 0.25) is 0 Å². The number of rotatable bonds is 6. The average molecular weight is 368 g/mol. The number of hydrogen-bond donors (Lipinski definition) is 3. The number of hydrogen-bond acceptors (Lipinski definition) is 7. The van der Waals surface area contributed by atoms with E-state index < -0.39 is 54.9 Å². The largest absolute Gasteiger partial charge is 0.480 e. The Kier molecular flexibility index (Phi) is 5.02. The zero-order valence-corrected chi connectivity index (χ0v) is 14.0. The number of carboxylic acid groups (broad SMARTS) is 1. The molecule has 0 aromatic rings. The number of aliphatic carboxylic acids is 1. The van der Waals surface area contributed by atoms with Gasteiger partial charge in [0.05, 0.1) is 17.5 Å². The maximum atomic E-state index is 12.1. The zero-order valence-electron chi connectivity index (χ0n) is 12.3. The molecule has 0 aromatic carbocycles. The summed E-state index contributed by atoms with van der Waals surface area (Å²) in [6.45, 7) is 0. The summed E-state index contributed by atoms with van der Waals surface area (Å²) < 4.78 is 48.7. The van der Waals surface area contributed by atoms with Crippen molar-refractivity contribution in [1.29, 1.82) is 0 Å². The highest BCUT2D eigenvalue weighted by Crippen LogP contribution is 2.36. The van der Waals surface area contributed by atoms with E-state index in [2.05, 4.69) is 0 Å². The minimum absolute atomic E-state index is 0.0920. The molecule has 1 heterocycles. The number of carbonyl (C=O) groups is 2. The summed E-state index contributed by atoms with van der Waals surface area (Å²) in [5.74, 6) is -3.60. The van der Waals surface area contributed by atoms with Crippen molar-refractivity contribution in [1.82, 2.24) is 4.72 Å². The van der Waals surface area contributed by atoms with Gasteiger partial charge in [0, 0.05) is 0 Å². The highest BCUT2D eigenvalue weighted by atomic mass is 32.2. The lowest BCUT2D eigenvalue weighted by molar-refractivity contribution is -0.136. The Morgan fingerprint density at radius 1 is 1.09 bits per heavy atom. The van der Waals surface area contributed by atoms with Crippen LogP contribution in [-0.4, -0.2) is 56.6 Å². The van der Waals surface area contributed by atoms with E-state index in [0.29, 0.717) is 12.8 Å². The second kappa shape index (κ2) is 6.36. The van der Waals surface area contributed by atoms with Gasteiger partial charge in [0.2, 0.25) is 10.0 Å². The Balaban J connectivity index is 2.01. The Morgan fingerprint density at radius 3 is 2.04 bits per heavy atom. The lowest BCUT2D eigenvalue weighted by Gasteiger charge is -2.27. The van der Waals surface area contributed by atoms with Crippen LogP contribution in [-0.2, 0) is 29.4 Å². The molecule has 1 aliphatic carbocycles. The standard InChI is InChI=1S/C12H20N2O7S2/c13-9(7-3-5-22(18,19)6-4-7)11(15)14-23(20,21)10(12(16)17)8-1-2-8/h7-10H,1-6,13H2,(H,14,15)(H,16,17). The van der Waals surface area contributed by atoms with Crippen molar-refractivity contribution < 1.29 is 31.5 Å². The van der Waals surface area contributed by atoms with Gasteiger partial charge in [0.25, 0.3) is 5.91 Å². The first-order valence-electron chi connectivity index (χ1n) is 7.28. The van der Waals surface area contributed by atoms with Gasteiger partial charge in [-0.25, -0.2) is 16.8 Å². The summed E-state index contributed by atoms with van der Waals surface area (Å²) in [6.07, 6.45) is 1.33. The Hall–Kier alpha value is -1.20. The van der Waals surface area contributed by atoms with Crippen LogP contribution in [0.4, 0.5) is 0 Å². The first-order valence-corrected chi connectivity index (χ1v) is 10.6. The van der Waals surface area contributed by atoms with Gasteiger partial charge in [0.15, 0.2) is 5.25 Å². The van der Waals surface area contributed by atoms with E-state index >= 15 is 0 Å². The number of carbonyl (C=O) groups excluding carboxylic acids is 1. The SMILES string of the molecule is NC(C(=O)NS(=O)(=O)C(C(=O)O)C1CC1)C1CCS(=O)(=O)CC1. The summed E-state index contributed by atoms with van der Waals surface area (Å²) in [7, 11) is -7.48. The van der Waals surface area contributed by atoms with Crippen LogP contribution in [0.3, 0.4) is 0 Å². The molecule has 4 N–H and O–H groups in total. The van der Waals surface area contributed by atoms with Crippen molar-refractivity contribution in [2.75, 3.05) is 11.5 Å². The van der Waals surface area contributed by atoms with E-state index in [-0.39, 0.29) is 24.3 Å². The Morgan fingerprint density at radius 2 is 1.61 bits per heavy atom. The maximum absolute atomic E-state index is 12.1. The molecule has 2 aliphatic rings. The van der Waals surface area contributed by atoms with Crippen LogP contribution in [0.5, 0.6) is 0 Å². The predicted octanol–water partition coefficient (Wildman–Crippen LogP) is -1.55. The fraction of sp³-hybridized carbons (Fsp3) is 0.833. The molecule has 1 aliphatic heterocycles. The lowest BCUT2D eigenvalue weighted by atomic mass is 9.94. The fourth-order valence-electron chi connectivity index (χ4n) is 2.74. The second-order valence-corrected chi connectivity index (χ2v) is 10.2. The number of carboxylic acids is 1. The molecule has 0 bridgehead atoms. The van der Waals surface area contributed by atoms with Gasteiger partial charge in [-0.1, -0.05) is 0 Å². The van der Waals surface area contributed by atoms with E-state index in [1.165, 1.54) is 0 Å². The predicted molar refractivity (Wildman–Crippen MR) is 80.6 cm³/mol. The number of sulfone groups is 1. The molecule has 2 fully saturated rings. The molecule has 2 unspecified atom stereocenters. The van der Waals surface area contributed by atoms with Crippen LogP contribution in [0.1, 0.15) is 25.7 Å². The molecule has 9 nitrogen and oxygen atoms in total. The van der Waals surface area contributed by atoms with E-state index in [0.717, 1.165) is 0 Å². The van der Waals surface area contributed by atoms with Gasteiger partial charge in [0.1, 0.15) is 9.84 Å². The minimum Gasteiger partial charge on any atom is -0.480 e. The van der Waals surface area contributed by atoms with Gasteiger partial charge in [-0.3, -0.25) is 14.3 Å². The molecule has 1 saturated carbocycles. The van der Waals surface area contributed by atoms with Crippen LogP contribution in [0.25, 0.3) is 0 Å². The molecule has 1 saturated heterocycles. The van der Waals surface area contributed by atoms with Gasteiger partial charge >= 0.3 is 5.97 Å². The van der Waals surface area contributed by atoms with Crippen LogP contribution in [0, 0.1) is 11.8 Å². The van der Waals surface area contributed by atoms with Crippen molar-refractivity contribution >= 4 is 31.7 Å². The molecular weight excluding hydrogens is 348 g/mol. The fourth-order valence-corrected chi connectivity index (χ4v) is 5.86. The van der Waals surface area contributed by atoms with Gasteiger partial charge in [-0.2, -0.15) is 0 Å². The van der Waals surface area contributed by atoms with Crippen molar-refractivity contribution in [3.8, 4) is 0 Å². The second-order valence-electron chi connectivity index (χ2n) is 6.12. The summed E-state index contributed by atoms with van der Waals surface area (Å²) in [5.41, 5.74) is 5.74. The molecule has 23 heavy (non-hydrogen) atoms. The van der Waals surface area contributed by atoms with Crippen molar-refractivity contribution in [3.63, 3.8) is 0 Å². The van der Waals surface area contributed by atoms with E-state index in [1.54, 1.807) is 4.72 Å². The number of sulfonamides is 1. The van der Waals surface area contributed by atoms with Gasteiger partial charge in [-0.05, 0) is 37.5 Å². The van der Waals surface area contributed by atoms with Crippen molar-refractivity contribution in [2.24, 2.45) is 17.6 Å². The van der Waals surface area contributed by atoms with Gasteiger partial charge < -0.3 is 10.8 Å². The summed E-state index contributed by atoms with van der Waals surface area (Å²) in [5, 5.41) is 7.39. The van der Waals surface area contributed by atoms with E-state index in [4.69, 9.17) is 10.8 Å². The molecular formula is C12H20N2O7S2. The normalized spacial score (nSPS) is 24.6.